The van der Waals surface area contributed by atoms with Gasteiger partial charge in [0.25, 0.3) is 0 Å². The van der Waals surface area contributed by atoms with Crippen LogP contribution in [0.5, 0.6) is 0 Å². The van der Waals surface area contributed by atoms with Crippen molar-refractivity contribution in [2.75, 3.05) is 0 Å². The van der Waals surface area contributed by atoms with Gasteiger partial charge in [0.2, 0.25) is 0 Å². The Morgan fingerprint density at radius 2 is 2.12 bits per heavy atom. The maximum absolute atomic E-state index is 10.5. The van der Waals surface area contributed by atoms with Crippen molar-refractivity contribution in [3.63, 3.8) is 0 Å². The van der Waals surface area contributed by atoms with Crippen molar-refractivity contribution in [2.45, 2.75) is 37.6 Å². The van der Waals surface area contributed by atoms with Gasteiger partial charge in [-0.1, -0.05) is 30.3 Å². The molecule has 88 valence electrons. The highest BCUT2D eigenvalue weighted by Gasteiger charge is 2.57. The van der Waals surface area contributed by atoms with Gasteiger partial charge in [0.05, 0.1) is 18.3 Å². The molecule has 2 heterocycles. The molecule has 3 nitrogen and oxygen atoms in total. The summed E-state index contributed by atoms with van der Waals surface area (Å²) in [6.45, 7) is 0. The molecule has 0 amide bonds. The van der Waals surface area contributed by atoms with Gasteiger partial charge in [0.15, 0.2) is 0 Å². The predicted octanol–water partition coefficient (Wildman–Crippen LogP) is 2.18. The number of hydrogen-bond acceptors (Lipinski definition) is 3. The molecule has 2 saturated heterocycles. The van der Waals surface area contributed by atoms with E-state index in [-0.39, 0.29) is 12.2 Å². The normalized spacial score (nSPS) is 36.7. The summed E-state index contributed by atoms with van der Waals surface area (Å²) in [5, 5.41) is 20.0. The van der Waals surface area contributed by atoms with Crippen LogP contribution in [0.4, 0.5) is 0 Å². The smallest absolute Gasteiger partial charge is 0.116 e. The van der Waals surface area contributed by atoms with E-state index >= 15 is 0 Å². The molecule has 3 rings (SSSR count). The molecule has 2 aliphatic heterocycles. The van der Waals surface area contributed by atoms with Crippen LogP contribution in [0.3, 0.4) is 0 Å². The van der Waals surface area contributed by atoms with E-state index in [9.17, 15) is 10.4 Å². The number of nitrogens with zero attached hydrogens (tertiary/aromatic N) is 1. The van der Waals surface area contributed by atoms with E-state index in [0.29, 0.717) is 6.42 Å². The van der Waals surface area contributed by atoms with Gasteiger partial charge in [-0.15, -0.1) is 0 Å². The molecular formula is C14H15NO2. The third kappa shape index (κ3) is 1.49. The maximum atomic E-state index is 10.5. The molecule has 2 fully saturated rings. The molecule has 1 aromatic rings. The highest BCUT2D eigenvalue weighted by atomic mass is 16.5. The molecule has 0 aromatic heterocycles. The molecule has 17 heavy (non-hydrogen) atoms. The molecule has 2 bridgehead atoms. The minimum Gasteiger partial charge on any atom is -0.387 e. The highest BCUT2D eigenvalue weighted by Crippen LogP contribution is 2.53. The Hall–Kier alpha value is -1.37. The monoisotopic (exact) mass is 229 g/mol. The number of fused-ring (bicyclic) bond motifs is 2. The summed E-state index contributed by atoms with van der Waals surface area (Å²) < 4.78 is 5.74. The third-order valence-electron chi connectivity index (χ3n) is 4.06. The zero-order chi connectivity index (χ0) is 11.9. The summed E-state index contributed by atoms with van der Waals surface area (Å²) in [4.78, 5) is 0. The molecule has 0 spiro atoms. The quantitative estimate of drug-likeness (QED) is 0.845. The summed E-state index contributed by atoms with van der Waals surface area (Å²) in [6, 6.07) is 11.8. The Labute approximate surface area is 101 Å². The van der Waals surface area contributed by atoms with Crippen molar-refractivity contribution in [1.82, 2.24) is 0 Å². The number of hydrogen-bond donors (Lipinski definition) is 1. The minimum absolute atomic E-state index is 0.104. The fraction of sp³-hybridized carbons (Fsp3) is 0.500. The van der Waals surface area contributed by atoms with Gasteiger partial charge in [0.1, 0.15) is 11.5 Å². The highest BCUT2D eigenvalue weighted by molar-refractivity contribution is 5.26. The van der Waals surface area contributed by atoms with Crippen LogP contribution in [0.1, 0.15) is 30.9 Å². The van der Waals surface area contributed by atoms with Crippen LogP contribution in [-0.4, -0.2) is 17.3 Å². The van der Waals surface area contributed by atoms with Gasteiger partial charge in [0, 0.05) is 0 Å². The van der Waals surface area contributed by atoms with Crippen molar-refractivity contribution in [2.24, 2.45) is 5.41 Å². The summed E-state index contributed by atoms with van der Waals surface area (Å²) in [7, 11) is 0. The summed E-state index contributed by atoms with van der Waals surface area (Å²) in [6.07, 6.45) is 1.89. The first-order chi connectivity index (χ1) is 8.26. The second-order valence-electron chi connectivity index (χ2n) is 4.99. The SMILES string of the molecule is N#CC1(C(O)c2ccccc2)CC2CCC1O2. The van der Waals surface area contributed by atoms with Gasteiger partial charge in [-0.05, 0) is 24.8 Å². The fourth-order valence-electron chi connectivity index (χ4n) is 3.14. The molecule has 0 saturated carbocycles. The first-order valence-electron chi connectivity index (χ1n) is 6.06. The Bertz CT molecular complexity index is 453. The average molecular weight is 229 g/mol. The Kier molecular flexibility index (Phi) is 2.43. The van der Waals surface area contributed by atoms with E-state index < -0.39 is 11.5 Å². The van der Waals surface area contributed by atoms with Crippen molar-refractivity contribution in [3.05, 3.63) is 35.9 Å². The lowest BCUT2D eigenvalue weighted by molar-refractivity contribution is 0.00342. The molecule has 4 unspecified atom stereocenters. The Morgan fingerprint density at radius 3 is 2.65 bits per heavy atom. The van der Waals surface area contributed by atoms with Crippen LogP contribution in [0.2, 0.25) is 0 Å². The van der Waals surface area contributed by atoms with E-state index in [0.717, 1.165) is 18.4 Å². The van der Waals surface area contributed by atoms with E-state index in [2.05, 4.69) is 6.07 Å². The number of ether oxygens (including phenoxy) is 1. The summed E-state index contributed by atoms with van der Waals surface area (Å²) in [5.41, 5.74) is 0.0646. The molecule has 1 aromatic carbocycles. The number of aliphatic hydroxyl groups excluding tert-OH is 1. The van der Waals surface area contributed by atoms with Gasteiger partial charge in [-0.25, -0.2) is 0 Å². The van der Waals surface area contributed by atoms with E-state index in [1.807, 2.05) is 30.3 Å². The first-order valence-corrected chi connectivity index (χ1v) is 6.06. The average Bonchev–Trinajstić information content (AvgIpc) is 2.99. The zero-order valence-corrected chi connectivity index (χ0v) is 9.54. The molecule has 2 aliphatic rings. The summed E-state index contributed by atoms with van der Waals surface area (Å²) >= 11 is 0. The fourth-order valence-corrected chi connectivity index (χ4v) is 3.14. The molecule has 1 N–H and O–H groups in total. The zero-order valence-electron chi connectivity index (χ0n) is 9.54. The summed E-state index contributed by atoms with van der Waals surface area (Å²) in [5.74, 6) is 0. The lowest BCUT2D eigenvalue weighted by atomic mass is 9.69. The lowest BCUT2D eigenvalue weighted by Crippen LogP contribution is -2.37. The number of nitriles is 1. The lowest BCUT2D eigenvalue weighted by Gasteiger charge is -2.33. The van der Waals surface area contributed by atoms with Crippen LogP contribution >= 0.6 is 0 Å². The Morgan fingerprint density at radius 1 is 1.35 bits per heavy atom. The second-order valence-corrected chi connectivity index (χ2v) is 4.99. The van der Waals surface area contributed by atoms with Crippen molar-refractivity contribution in [3.8, 4) is 6.07 Å². The van der Waals surface area contributed by atoms with Crippen LogP contribution in [-0.2, 0) is 4.74 Å². The minimum atomic E-state index is -0.746. The number of benzene rings is 1. The van der Waals surface area contributed by atoms with Crippen molar-refractivity contribution in [1.29, 1.82) is 5.26 Å². The van der Waals surface area contributed by atoms with Crippen LogP contribution in [0, 0.1) is 16.7 Å². The molecular weight excluding hydrogens is 214 g/mol. The van der Waals surface area contributed by atoms with E-state index in [1.54, 1.807) is 0 Å². The molecule has 3 heteroatoms. The second kappa shape index (κ2) is 3.83. The standard InChI is InChI=1S/C14H15NO2/c15-9-14(8-11-6-7-12(14)17-11)13(16)10-4-2-1-3-5-10/h1-5,11-13,16H,6-8H2. The molecule has 0 radical (unpaired) electrons. The predicted molar refractivity (Wildman–Crippen MR) is 62.0 cm³/mol. The van der Waals surface area contributed by atoms with Crippen LogP contribution in [0.25, 0.3) is 0 Å². The van der Waals surface area contributed by atoms with E-state index in [4.69, 9.17) is 4.74 Å². The largest absolute Gasteiger partial charge is 0.387 e. The topological polar surface area (TPSA) is 53.2 Å². The van der Waals surface area contributed by atoms with Crippen LogP contribution < -0.4 is 0 Å². The van der Waals surface area contributed by atoms with Crippen molar-refractivity contribution < 1.29 is 9.84 Å². The van der Waals surface area contributed by atoms with Gasteiger partial charge < -0.3 is 9.84 Å². The molecule has 4 atom stereocenters. The van der Waals surface area contributed by atoms with Gasteiger partial charge in [-0.3, -0.25) is 0 Å². The third-order valence-corrected chi connectivity index (χ3v) is 4.06. The van der Waals surface area contributed by atoms with Crippen LogP contribution in [0.15, 0.2) is 30.3 Å². The number of aliphatic hydroxyl groups is 1. The maximum Gasteiger partial charge on any atom is 0.116 e. The molecule has 0 aliphatic carbocycles. The van der Waals surface area contributed by atoms with Gasteiger partial charge >= 0.3 is 0 Å². The van der Waals surface area contributed by atoms with Gasteiger partial charge in [-0.2, -0.15) is 5.26 Å². The van der Waals surface area contributed by atoms with E-state index in [1.165, 1.54) is 0 Å². The Balaban J connectivity index is 1.95. The van der Waals surface area contributed by atoms with Crippen molar-refractivity contribution >= 4 is 0 Å². The first kappa shape index (κ1) is 10.8. The number of rotatable bonds is 2.